The first-order valence-electron chi connectivity index (χ1n) is 8.92. The van der Waals surface area contributed by atoms with Crippen molar-refractivity contribution in [3.8, 4) is 5.75 Å². The van der Waals surface area contributed by atoms with Crippen LogP contribution in [0, 0.1) is 12.7 Å². The molecule has 1 amide bonds. The van der Waals surface area contributed by atoms with Crippen molar-refractivity contribution in [2.24, 2.45) is 0 Å². The second kappa shape index (κ2) is 8.83. The highest BCUT2D eigenvalue weighted by Crippen LogP contribution is 2.24. The van der Waals surface area contributed by atoms with Crippen molar-refractivity contribution in [1.29, 1.82) is 0 Å². The zero-order valence-electron chi connectivity index (χ0n) is 16.5. The molecule has 0 bridgehead atoms. The molecule has 0 atom stereocenters. The lowest BCUT2D eigenvalue weighted by molar-refractivity contribution is 0.0527. The topological polar surface area (TPSA) is 85.4 Å². The molecule has 7 nitrogen and oxygen atoms in total. The van der Waals surface area contributed by atoms with Gasteiger partial charge in [0, 0.05) is 25.2 Å². The summed E-state index contributed by atoms with van der Waals surface area (Å²) in [6.45, 7) is 8.51. The summed E-state index contributed by atoms with van der Waals surface area (Å²) >= 11 is 0. The number of amides is 1. The number of rotatable bonds is 7. The first-order valence-corrected chi connectivity index (χ1v) is 8.92. The lowest BCUT2D eigenvalue weighted by atomic mass is 10.2. The molecule has 1 aromatic carbocycles. The molecule has 0 radical (unpaired) electrons. The van der Waals surface area contributed by atoms with E-state index in [0.29, 0.717) is 35.6 Å². The van der Waals surface area contributed by atoms with Crippen molar-refractivity contribution in [2.45, 2.75) is 46.1 Å². The van der Waals surface area contributed by atoms with Crippen LogP contribution >= 0.6 is 0 Å². The van der Waals surface area contributed by atoms with Gasteiger partial charge in [0.1, 0.15) is 11.4 Å². The minimum Gasteiger partial charge on any atom is -0.494 e. The summed E-state index contributed by atoms with van der Waals surface area (Å²) in [6, 6.07) is 2.85. The van der Waals surface area contributed by atoms with Gasteiger partial charge < -0.3 is 20.1 Å². The van der Waals surface area contributed by atoms with Crippen LogP contribution in [0.3, 0.4) is 0 Å². The number of nitrogens with one attached hydrogen (secondary N) is 2. The number of unbranched alkanes of at least 4 members (excludes halogenated alkanes) is 1. The Morgan fingerprint density at radius 2 is 1.81 bits per heavy atom. The molecule has 2 aromatic rings. The van der Waals surface area contributed by atoms with Crippen molar-refractivity contribution >= 4 is 22.9 Å². The van der Waals surface area contributed by atoms with E-state index in [9.17, 15) is 9.18 Å². The van der Waals surface area contributed by atoms with E-state index in [1.807, 2.05) is 27.7 Å². The Morgan fingerprint density at radius 1 is 1.15 bits per heavy atom. The van der Waals surface area contributed by atoms with Crippen LogP contribution in [0.1, 0.15) is 39.3 Å². The smallest absolute Gasteiger partial charge is 0.407 e. The zero-order valence-corrected chi connectivity index (χ0v) is 16.5. The fourth-order valence-electron chi connectivity index (χ4n) is 2.43. The molecule has 0 fully saturated rings. The molecule has 0 aliphatic heterocycles. The van der Waals surface area contributed by atoms with E-state index < -0.39 is 17.5 Å². The molecular formula is C19H27FN4O3. The molecular weight excluding hydrogens is 351 g/mol. The Hall–Kier alpha value is -2.64. The molecule has 0 saturated carbocycles. The van der Waals surface area contributed by atoms with Gasteiger partial charge in [-0.1, -0.05) is 0 Å². The largest absolute Gasteiger partial charge is 0.494 e. The van der Waals surface area contributed by atoms with E-state index in [1.165, 1.54) is 19.2 Å². The number of carbonyl (C=O) groups excluding carboxylic acids is 1. The first kappa shape index (κ1) is 20.7. The number of alkyl carbamates (subject to hydrolysis) is 1. The second-order valence-corrected chi connectivity index (χ2v) is 7.20. The van der Waals surface area contributed by atoms with E-state index in [2.05, 4.69) is 20.6 Å². The van der Waals surface area contributed by atoms with Gasteiger partial charge in [-0.25, -0.2) is 19.2 Å². The van der Waals surface area contributed by atoms with Gasteiger partial charge in [-0.2, -0.15) is 0 Å². The normalized spacial score (nSPS) is 11.3. The van der Waals surface area contributed by atoms with Crippen LogP contribution in [0.5, 0.6) is 5.75 Å². The monoisotopic (exact) mass is 378 g/mol. The van der Waals surface area contributed by atoms with Gasteiger partial charge in [0.25, 0.3) is 0 Å². The number of hydrogen-bond acceptors (Lipinski definition) is 6. The number of methoxy groups -OCH3 is 1. The summed E-state index contributed by atoms with van der Waals surface area (Å²) in [5.74, 6) is 0.327. The predicted octanol–water partition coefficient (Wildman–Crippen LogP) is 3.80. The van der Waals surface area contributed by atoms with Crippen LogP contribution < -0.4 is 15.4 Å². The van der Waals surface area contributed by atoms with Gasteiger partial charge >= 0.3 is 6.09 Å². The number of ether oxygens (including phenoxy) is 2. The Labute approximate surface area is 158 Å². The lowest BCUT2D eigenvalue weighted by Crippen LogP contribution is -2.33. The molecule has 2 rings (SSSR count). The molecule has 2 N–H and O–H groups in total. The summed E-state index contributed by atoms with van der Waals surface area (Å²) in [5, 5.41) is 5.96. The molecule has 0 aliphatic carbocycles. The Bertz CT molecular complexity index is 806. The van der Waals surface area contributed by atoms with Crippen LogP contribution in [0.2, 0.25) is 0 Å². The Kier molecular flexibility index (Phi) is 6.76. The van der Waals surface area contributed by atoms with E-state index in [1.54, 1.807) is 0 Å². The molecule has 1 aromatic heterocycles. The number of hydrogen-bond donors (Lipinski definition) is 2. The number of benzene rings is 1. The summed E-state index contributed by atoms with van der Waals surface area (Å²) in [6.07, 6.45) is 1.22. The van der Waals surface area contributed by atoms with Crippen LogP contribution in [0.15, 0.2) is 12.1 Å². The highest BCUT2D eigenvalue weighted by atomic mass is 19.1. The van der Waals surface area contributed by atoms with Gasteiger partial charge in [0.05, 0.1) is 23.8 Å². The zero-order chi connectivity index (χ0) is 20.0. The fourth-order valence-corrected chi connectivity index (χ4v) is 2.43. The molecule has 0 aliphatic rings. The predicted molar refractivity (Wildman–Crippen MR) is 103 cm³/mol. The lowest BCUT2D eigenvalue weighted by Gasteiger charge is -2.19. The summed E-state index contributed by atoms with van der Waals surface area (Å²) < 4.78 is 23.9. The van der Waals surface area contributed by atoms with Gasteiger partial charge in [-0.05, 0) is 40.5 Å². The van der Waals surface area contributed by atoms with Gasteiger partial charge in [-0.3, -0.25) is 0 Å². The maximum atomic E-state index is 13.8. The van der Waals surface area contributed by atoms with Crippen molar-refractivity contribution < 1.29 is 18.7 Å². The third-order valence-electron chi connectivity index (χ3n) is 3.68. The number of nitrogens with zero attached hydrogens (tertiary/aromatic N) is 2. The van der Waals surface area contributed by atoms with Crippen LogP contribution in [-0.2, 0) is 4.74 Å². The number of halogens is 1. The molecule has 148 valence electrons. The first-order chi connectivity index (χ1) is 12.7. The van der Waals surface area contributed by atoms with Crippen LogP contribution in [-0.4, -0.2) is 41.9 Å². The average Bonchev–Trinajstić information content (AvgIpc) is 2.56. The summed E-state index contributed by atoms with van der Waals surface area (Å²) in [4.78, 5) is 20.4. The quantitative estimate of drug-likeness (QED) is 0.713. The van der Waals surface area contributed by atoms with Crippen molar-refractivity contribution in [1.82, 2.24) is 15.3 Å². The van der Waals surface area contributed by atoms with Crippen molar-refractivity contribution in [2.75, 3.05) is 25.5 Å². The third kappa shape index (κ3) is 6.23. The van der Waals surface area contributed by atoms with Gasteiger partial charge in [0.15, 0.2) is 11.6 Å². The van der Waals surface area contributed by atoms with Crippen LogP contribution in [0.25, 0.3) is 11.0 Å². The minimum absolute atomic E-state index is 0.139. The average molecular weight is 378 g/mol. The van der Waals surface area contributed by atoms with E-state index in [0.717, 1.165) is 12.8 Å². The summed E-state index contributed by atoms with van der Waals surface area (Å²) in [5.41, 5.74) is 1.24. The van der Waals surface area contributed by atoms with Gasteiger partial charge in [-0.15, -0.1) is 0 Å². The molecule has 0 saturated heterocycles. The van der Waals surface area contributed by atoms with Crippen molar-refractivity contribution in [3.05, 3.63) is 23.6 Å². The Morgan fingerprint density at radius 3 is 2.48 bits per heavy atom. The van der Waals surface area contributed by atoms with Crippen molar-refractivity contribution in [3.63, 3.8) is 0 Å². The number of aromatic nitrogens is 2. The van der Waals surface area contributed by atoms with Crippen LogP contribution in [0.4, 0.5) is 15.0 Å². The molecule has 8 heteroatoms. The number of aryl methyl sites for hydroxylation is 1. The summed E-state index contributed by atoms with van der Waals surface area (Å²) in [7, 11) is 1.41. The van der Waals surface area contributed by atoms with E-state index in [4.69, 9.17) is 9.47 Å². The number of anilines is 1. The molecule has 0 spiro atoms. The maximum Gasteiger partial charge on any atom is 0.407 e. The highest BCUT2D eigenvalue weighted by Gasteiger charge is 2.15. The third-order valence-corrected chi connectivity index (χ3v) is 3.68. The second-order valence-electron chi connectivity index (χ2n) is 7.20. The van der Waals surface area contributed by atoms with E-state index >= 15 is 0 Å². The fraction of sp³-hybridized carbons (Fsp3) is 0.526. The number of fused-ring (bicyclic) bond motifs is 1. The molecule has 0 unspecified atom stereocenters. The Balaban J connectivity index is 1.84. The van der Waals surface area contributed by atoms with Gasteiger partial charge in [0.2, 0.25) is 0 Å². The number of carbonyl (C=O) groups is 1. The molecule has 27 heavy (non-hydrogen) atoms. The minimum atomic E-state index is -0.497. The SMILES string of the molecule is COc1cc2nc(NCCCCNC(=O)OC(C)(C)C)c(C)nc2cc1F. The van der Waals surface area contributed by atoms with E-state index in [-0.39, 0.29) is 5.75 Å². The molecule has 1 heterocycles. The highest BCUT2D eigenvalue weighted by molar-refractivity contribution is 5.78. The maximum absolute atomic E-state index is 13.8. The standard InChI is InChI=1S/C19H27FN4O3/c1-12-17(21-8-6-7-9-22-18(25)27-19(2,3)4)24-15-11-16(26-5)13(20)10-14(15)23-12/h10-11H,6-9H2,1-5H3,(H,21,24)(H,22,25).